The minimum atomic E-state index is -0.0976. The maximum atomic E-state index is 13.2. The monoisotopic (exact) mass is 473 g/mol. The minimum absolute atomic E-state index is 0.0976. The van der Waals surface area contributed by atoms with E-state index in [1.807, 2.05) is 42.5 Å². The number of nitrogens with zero attached hydrogens (tertiary/aromatic N) is 1. The Labute approximate surface area is 205 Å². The van der Waals surface area contributed by atoms with Crippen LogP contribution in [-0.4, -0.2) is 10.2 Å². The van der Waals surface area contributed by atoms with Crippen molar-refractivity contribution in [2.75, 3.05) is 4.90 Å². The molecule has 1 saturated heterocycles. The average Bonchev–Trinajstić information content (AvgIpc) is 3.11. The molecule has 0 saturated carbocycles. The summed E-state index contributed by atoms with van der Waals surface area (Å²) in [6.07, 6.45) is 5.25. The number of anilines is 1. The molecule has 3 nitrogen and oxygen atoms in total. The summed E-state index contributed by atoms with van der Waals surface area (Å²) in [4.78, 5) is 15.4. The van der Waals surface area contributed by atoms with Crippen LogP contribution < -0.4 is 9.64 Å². The van der Waals surface area contributed by atoms with Gasteiger partial charge in [-0.15, -0.1) is 0 Å². The van der Waals surface area contributed by atoms with Gasteiger partial charge in [-0.1, -0.05) is 97.5 Å². The Morgan fingerprint density at radius 3 is 2.39 bits per heavy atom. The first-order valence-corrected chi connectivity index (χ1v) is 12.4. The molecular weight excluding hydrogens is 446 g/mol. The molecule has 1 heterocycles. The highest BCUT2D eigenvalue weighted by atomic mass is 32.2. The smallest absolute Gasteiger partial charge is 0.270 e. The number of carbonyl (C=O) groups excluding carboxylic acids is 1. The van der Waals surface area contributed by atoms with Crippen LogP contribution in [0.2, 0.25) is 0 Å². The van der Waals surface area contributed by atoms with Crippen LogP contribution in [0.15, 0.2) is 77.7 Å². The maximum Gasteiger partial charge on any atom is 0.270 e. The Hall–Kier alpha value is -2.89. The van der Waals surface area contributed by atoms with E-state index >= 15 is 0 Å². The second kappa shape index (κ2) is 10.8. The largest absolute Gasteiger partial charge is 0.488 e. The number of hydrogen-bond acceptors (Lipinski definition) is 4. The van der Waals surface area contributed by atoms with Crippen LogP contribution in [0.4, 0.5) is 5.69 Å². The Kier molecular flexibility index (Phi) is 7.63. The fourth-order valence-electron chi connectivity index (χ4n) is 3.60. The van der Waals surface area contributed by atoms with E-state index in [0.717, 1.165) is 41.8 Å². The van der Waals surface area contributed by atoms with Gasteiger partial charge in [0.25, 0.3) is 5.91 Å². The number of amides is 1. The zero-order chi connectivity index (χ0) is 23.2. The topological polar surface area (TPSA) is 29.5 Å². The lowest BCUT2D eigenvalue weighted by molar-refractivity contribution is -0.113. The van der Waals surface area contributed by atoms with Crippen LogP contribution in [0.1, 0.15) is 42.0 Å². The molecule has 1 amide bonds. The summed E-state index contributed by atoms with van der Waals surface area (Å²) in [5, 5.41) is 0. The van der Waals surface area contributed by atoms with Crippen molar-refractivity contribution in [3.8, 4) is 5.75 Å². The third-order valence-electron chi connectivity index (χ3n) is 5.53. The van der Waals surface area contributed by atoms with Crippen LogP contribution in [0, 0.1) is 6.92 Å². The molecule has 1 aliphatic rings. The van der Waals surface area contributed by atoms with Gasteiger partial charge >= 0.3 is 0 Å². The number of rotatable bonds is 8. The van der Waals surface area contributed by atoms with Gasteiger partial charge in [-0.2, -0.15) is 0 Å². The van der Waals surface area contributed by atoms with E-state index in [4.69, 9.17) is 17.0 Å². The molecule has 5 heteroatoms. The van der Waals surface area contributed by atoms with Crippen molar-refractivity contribution in [3.05, 3.63) is 100.0 Å². The number of hydrogen-bond donors (Lipinski definition) is 0. The van der Waals surface area contributed by atoms with Crippen molar-refractivity contribution in [2.45, 2.75) is 39.7 Å². The van der Waals surface area contributed by atoms with Gasteiger partial charge in [-0.05, 0) is 55.2 Å². The summed E-state index contributed by atoms with van der Waals surface area (Å²) in [5.74, 6) is 0.642. The zero-order valence-corrected chi connectivity index (χ0v) is 20.5. The predicted octanol–water partition coefficient (Wildman–Crippen LogP) is 7.32. The van der Waals surface area contributed by atoms with E-state index in [9.17, 15) is 4.79 Å². The van der Waals surface area contributed by atoms with Gasteiger partial charge in [-0.3, -0.25) is 9.69 Å². The van der Waals surface area contributed by atoms with E-state index in [2.05, 4.69) is 50.2 Å². The number of thiocarbonyl (C=S) groups is 1. The highest BCUT2D eigenvalue weighted by Crippen LogP contribution is 2.37. The summed E-state index contributed by atoms with van der Waals surface area (Å²) in [5.41, 5.74) is 5.27. The summed E-state index contributed by atoms with van der Waals surface area (Å²) < 4.78 is 6.63. The molecule has 0 N–H and O–H groups in total. The Morgan fingerprint density at radius 1 is 0.970 bits per heavy atom. The van der Waals surface area contributed by atoms with Gasteiger partial charge in [0.2, 0.25) is 0 Å². The van der Waals surface area contributed by atoms with Crippen LogP contribution in [0.25, 0.3) is 6.08 Å². The molecule has 0 radical (unpaired) electrons. The molecule has 0 bridgehead atoms. The molecule has 168 valence electrons. The first-order chi connectivity index (χ1) is 16.0. The van der Waals surface area contributed by atoms with E-state index in [1.54, 1.807) is 4.90 Å². The Bertz CT molecular complexity index is 1170. The van der Waals surface area contributed by atoms with Crippen molar-refractivity contribution >= 4 is 46.0 Å². The molecule has 4 rings (SSSR count). The number of carbonyl (C=O) groups is 1. The lowest BCUT2D eigenvalue weighted by atomic mass is 10.1. The van der Waals surface area contributed by atoms with Gasteiger partial charge in [0.1, 0.15) is 12.4 Å². The summed E-state index contributed by atoms with van der Waals surface area (Å²) in [6.45, 7) is 4.72. The summed E-state index contributed by atoms with van der Waals surface area (Å²) in [7, 11) is 0. The quantitative estimate of drug-likeness (QED) is 0.253. The SMILES string of the molecule is CCCCc1ccc(N2C(=O)C(=Cc3ccccc3OCc3ccc(C)cc3)SC2=S)cc1. The highest BCUT2D eigenvalue weighted by molar-refractivity contribution is 8.27. The predicted molar refractivity (Wildman–Crippen MR) is 143 cm³/mol. The van der Waals surface area contributed by atoms with Gasteiger partial charge < -0.3 is 4.74 Å². The van der Waals surface area contributed by atoms with Crippen LogP contribution in [0.3, 0.4) is 0 Å². The third-order valence-corrected chi connectivity index (χ3v) is 6.83. The molecule has 3 aromatic rings. The van der Waals surface area contributed by atoms with Crippen LogP contribution >= 0.6 is 24.0 Å². The molecule has 1 aliphatic heterocycles. The van der Waals surface area contributed by atoms with E-state index in [0.29, 0.717) is 15.8 Å². The summed E-state index contributed by atoms with van der Waals surface area (Å²) >= 11 is 6.88. The summed E-state index contributed by atoms with van der Waals surface area (Å²) in [6, 6.07) is 24.2. The second-order valence-corrected chi connectivity index (χ2v) is 9.77. The lowest BCUT2D eigenvalue weighted by Gasteiger charge is -2.15. The number of para-hydroxylation sites is 1. The molecule has 3 aromatic carbocycles. The fourth-order valence-corrected chi connectivity index (χ4v) is 4.89. The van der Waals surface area contributed by atoms with Crippen molar-refractivity contribution in [2.24, 2.45) is 0 Å². The average molecular weight is 474 g/mol. The zero-order valence-electron chi connectivity index (χ0n) is 18.9. The van der Waals surface area contributed by atoms with Crippen LogP contribution in [-0.2, 0) is 17.8 Å². The molecule has 0 spiro atoms. The standard InChI is InChI=1S/C28H27NO2S2/c1-3-4-7-21-14-16-24(17-15-21)29-27(30)26(33-28(29)32)18-23-8-5-6-9-25(23)31-19-22-12-10-20(2)11-13-22/h5-6,8-18H,3-4,7,19H2,1-2H3. The normalized spacial score (nSPS) is 14.8. The number of aryl methyl sites for hydroxylation is 2. The number of thioether (sulfide) groups is 1. The van der Waals surface area contributed by atoms with Crippen molar-refractivity contribution < 1.29 is 9.53 Å². The van der Waals surface area contributed by atoms with Gasteiger partial charge in [-0.25, -0.2) is 0 Å². The molecule has 0 aromatic heterocycles. The second-order valence-electron chi connectivity index (χ2n) is 8.10. The van der Waals surface area contributed by atoms with E-state index in [-0.39, 0.29) is 5.91 Å². The number of benzene rings is 3. The molecule has 1 fully saturated rings. The molecular formula is C28H27NO2S2. The molecule has 0 aliphatic carbocycles. The van der Waals surface area contributed by atoms with Gasteiger partial charge in [0.15, 0.2) is 4.32 Å². The van der Waals surface area contributed by atoms with Crippen molar-refractivity contribution in [1.29, 1.82) is 0 Å². The van der Waals surface area contributed by atoms with Crippen molar-refractivity contribution in [1.82, 2.24) is 0 Å². The van der Waals surface area contributed by atoms with E-state index in [1.165, 1.54) is 22.9 Å². The Balaban J connectivity index is 1.51. The van der Waals surface area contributed by atoms with E-state index < -0.39 is 0 Å². The van der Waals surface area contributed by atoms with Gasteiger partial charge in [0, 0.05) is 5.56 Å². The first kappa shape index (κ1) is 23.3. The number of ether oxygens (including phenoxy) is 1. The molecule has 0 atom stereocenters. The first-order valence-electron chi connectivity index (χ1n) is 11.2. The number of unbranched alkanes of at least 4 members (excludes halogenated alkanes) is 1. The van der Waals surface area contributed by atoms with Crippen molar-refractivity contribution in [3.63, 3.8) is 0 Å². The van der Waals surface area contributed by atoms with Crippen LogP contribution in [0.5, 0.6) is 5.75 Å². The maximum absolute atomic E-state index is 13.2. The molecule has 33 heavy (non-hydrogen) atoms. The lowest BCUT2D eigenvalue weighted by Crippen LogP contribution is -2.27. The Morgan fingerprint density at radius 2 is 1.67 bits per heavy atom. The fraction of sp³-hybridized carbons (Fsp3) is 0.214. The third kappa shape index (κ3) is 5.73. The minimum Gasteiger partial charge on any atom is -0.488 e. The van der Waals surface area contributed by atoms with Gasteiger partial charge in [0.05, 0.1) is 10.6 Å². The highest BCUT2D eigenvalue weighted by Gasteiger charge is 2.33. The molecule has 0 unspecified atom stereocenters.